The van der Waals surface area contributed by atoms with E-state index in [9.17, 15) is 22.8 Å². The van der Waals surface area contributed by atoms with Crippen molar-refractivity contribution in [2.45, 2.75) is 19.7 Å². The molecule has 0 saturated carbocycles. The number of para-hydroxylation sites is 1. The van der Waals surface area contributed by atoms with Crippen LogP contribution < -0.4 is 15.0 Å². The van der Waals surface area contributed by atoms with E-state index < -0.39 is 30.1 Å². The van der Waals surface area contributed by atoms with Crippen LogP contribution in [0, 0.1) is 6.92 Å². The Kier molecular flexibility index (Phi) is 8.32. The van der Waals surface area contributed by atoms with Crippen LogP contribution in [0.15, 0.2) is 66.7 Å². The Morgan fingerprint density at radius 1 is 1.00 bits per heavy atom. The van der Waals surface area contributed by atoms with Crippen molar-refractivity contribution in [3.8, 4) is 5.75 Å². The number of fused-ring (bicyclic) bond motifs is 1. The number of hydrogen-bond acceptors (Lipinski definition) is 4. The molecule has 0 radical (unpaired) electrons. The molecule has 1 N–H and O–H groups in total. The van der Waals surface area contributed by atoms with Gasteiger partial charge in [-0.15, -0.1) is 0 Å². The molecule has 4 aromatic rings. The molecule has 39 heavy (non-hydrogen) atoms. The van der Waals surface area contributed by atoms with Gasteiger partial charge in [0, 0.05) is 33.6 Å². The molecular formula is C28H22Cl2F3N3O3. The minimum Gasteiger partial charge on any atom is -0.486 e. The molecular weight excluding hydrogens is 554 g/mol. The summed E-state index contributed by atoms with van der Waals surface area (Å²) in [6.07, 6.45) is -4.60. The number of alkyl halides is 3. The molecule has 3 aromatic carbocycles. The second-order valence-electron chi connectivity index (χ2n) is 8.59. The molecule has 0 bridgehead atoms. The van der Waals surface area contributed by atoms with Gasteiger partial charge in [0.1, 0.15) is 12.3 Å². The van der Waals surface area contributed by atoms with E-state index in [4.69, 9.17) is 27.9 Å². The van der Waals surface area contributed by atoms with Crippen molar-refractivity contribution < 1.29 is 27.5 Å². The summed E-state index contributed by atoms with van der Waals surface area (Å²) in [7, 11) is 1.49. The maximum absolute atomic E-state index is 13.1. The third-order valence-corrected chi connectivity index (χ3v) is 6.69. The molecule has 0 unspecified atom stereocenters. The average molecular weight is 576 g/mol. The lowest BCUT2D eigenvalue weighted by molar-refractivity contribution is -0.137. The number of carbonyl (C=O) groups is 2. The first-order valence-corrected chi connectivity index (χ1v) is 12.4. The number of nitrogens with zero attached hydrogens (tertiary/aromatic N) is 2. The third kappa shape index (κ3) is 6.26. The summed E-state index contributed by atoms with van der Waals surface area (Å²) >= 11 is 12.6. The number of hydrogen-bond donors (Lipinski definition) is 1. The van der Waals surface area contributed by atoms with Gasteiger partial charge in [-0.2, -0.15) is 13.2 Å². The molecule has 1 heterocycles. The number of amides is 2. The largest absolute Gasteiger partial charge is 0.486 e. The zero-order valence-corrected chi connectivity index (χ0v) is 22.3. The number of carbonyl (C=O) groups excluding carboxylic acids is 2. The number of ether oxygens (including phenoxy) is 1. The smallest absolute Gasteiger partial charge is 0.416 e. The van der Waals surface area contributed by atoms with Crippen LogP contribution in [0.25, 0.3) is 10.9 Å². The molecule has 0 fully saturated rings. The van der Waals surface area contributed by atoms with E-state index in [2.05, 4.69) is 10.3 Å². The highest BCUT2D eigenvalue weighted by Gasteiger charge is 2.31. The second kappa shape index (κ2) is 11.5. The van der Waals surface area contributed by atoms with Crippen LogP contribution >= 0.6 is 23.2 Å². The summed E-state index contributed by atoms with van der Waals surface area (Å²) in [5, 5.41) is 3.85. The van der Waals surface area contributed by atoms with Crippen LogP contribution in [0.5, 0.6) is 5.75 Å². The van der Waals surface area contributed by atoms with Gasteiger partial charge in [-0.3, -0.25) is 14.6 Å². The molecule has 0 aliphatic rings. The highest BCUT2D eigenvalue weighted by molar-refractivity contribution is 6.36. The Hall–Kier alpha value is -3.82. The Labute approximate surface area is 232 Å². The van der Waals surface area contributed by atoms with Gasteiger partial charge in [0.05, 0.1) is 23.3 Å². The Morgan fingerprint density at radius 2 is 1.67 bits per heavy atom. The van der Waals surface area contributed by atoms with Gasteiger partial charge in [-0.25, -0.2) is 0 Å². The third-order valence-electron chi connectivity index (χ3n) is 5.98. The number of aromatic nitrogens is 1. The molecule has 0 saturated heterocycles. The predicted molar refractivity (Wildman–Crippen MR) is 144 cm³/mol. The van der Waals surface area contributed by atoms with E-state index in [0.29, 0.717) is 43.6 Å². The van der Waals surface area contributed by atoms with Crippen molar-refractivity contribution in [1.29, 1.82) is 0 Å². The number of anilines is 1. The number of aryl methyl sites for hydroxylation is 1. The van der Waals surface area contributed by atoms with Crippen molar-refractivity contribution in [2.75, 3.05) is 18.5 Å². The summed E-state index contributed by atoms with van der Waals surface area (Å²) in [6.45, 7) is 1.24. The first-order valence-electron chi connectivity index (χ1n) is 11.6. The summed E-state index contributed by atoms with van der Waals surface area (Å²) in [6, 6.07) is 16.3. The zero-order valence-electron chi connectivity index (χ0n) is 20.8. The van der Waals surface area contributed by atoms with Crippen LogP contribution in [-0.2, 0) is 17.6 Å². The van der Waals surface area contributed by atoms with E-state index in [-0.39, 0.29) is 12.2 Å². The van der Waals surface area contributed by atoms with Gasteiger partial charge < -0.3 is 15.0 Å². The number of nitrogens with one attached hydrogen (secondary N) is 1. The van der Waals surface area contributed by atoms with Gasteiger partial charge in [0.25, 0.3) is 5.91 Å². The first-order chi connectivity index (χ1) is 18.5. The van der Waals surface area contributed by atoms with E-state index in [1.165, 1.54) is 18.0 Å². The second-order valence-corrected chi connectivity index (χ2v) is 9.41. The van der Waals surface area contributed by atoms with Crippen LogP contribution in [-0.4, -0.2) is 30.4 Å². The van der Waals surface area contributed by atoms with Gasteiger partial charge in [0.2, 0.25) is 5.91 Å². The summed E-state index contributed by atoms with van der Waals surface area (Å²) in [5.74, 6) is -1.01. The van der Waals surface area contributed by atoms with Crippen LogP contribution in [0.4, 0.5) is 18.9 Å². The maximum atomic E-state index is 13.1. The predicted octanol–water partition coefficient (Wildman–Crippen LogP) is 6.84. The Balaban J connectivity index is 1.59. The molecule has 6 nitrogen and oxygen atoms in total. The minimum atomic E-state index is -4.60. The topological polar surface area (TPSA) is 71.5 Å². The number of benzene rings is 3. The number of likely N-dealkylation sites (N-methyl/N-ethyl adjacent to an activating group) is 1. The Bertz CT molecular complexity index is 1540. The number of rotatable bonds is 7. The van der Waals surface area contributed by atoms with Crippen molar-refractivity contribution in [2.24, 2.45) is 0 Å². The fraction of sp³-hybridized carbons (Fsp3) is 0.179. The fourth-order valence-electron chi connectivity index (χ4n) is 3.98. The summed E-state index contributed by atoms with van der Waals surface area (Å²) in [4.78, 5) is 31.5. The fourth-order valence-corrected chi connectivity index (χ4v) is 4.49. The molecule has 4 rings (SSSR count). The average Bonchev–Trinajstić information content (AvgIpc) is 2.90. The lowest BCUT2D eigenvalue weighted by atomic mass is 10.1. The Morgan fingerprint density at radius 3 is 2.36 bits per heavy atom. The summed E-state index contributed by atoms with van der Waals surface area (Å²) in [5.41, 5.74) is 0.857. The van der Waals surface area contributed by atoms with Crippen LogP contribution in [0.3, 0.4) is 0 Å². The van der Waals surface area contributed by atoms with E-state index in [1.807, 2.05) is 6.07 Å². The van der Waals surface area contributed by atoms with Gasteiger partial charge >= 0.3 is 6.18 Å². The van der Waals surface area contributed by atoms with Gasteiger partial charge in [-0.05, 0) is 49.4 Å². The van der Waals surface area contributed by atoms with Crippen molar-refractivity contribution in [1.82, 2.24) is 10.3 Å². The first kappa shape index (κ1) is 28.2. The lowest BCUT2D eigenvalue weighted by Gasteiger charge is -2.24. The molecule has 0 aliphatic heterocycles. The number of pyridine rings is 1. The normalized spacial score (nSPS) is 11.4. The molecule has 11 heteroatoms. The molecule has 2 amide bonds. The highest BCUT2D eigenvalue weighted by Crippen LogP contribution is 2.39. The van der Waals surface area contributed by atoms with Crippen LogP contribution in [0.2, 0.25) is 10.0 Å². The van der Waals surface area contributed by atoms with Crippen LogP contribution in [0.1, 0.15) is 27.2 Å². The molecule has 202 valence electrons. The lowest BCUT2D eigenvalue weighted by Crippen LogP contribution is -2.38. The van der Waals surface area contributed by atoms with Gasteiger partial charge in [0.15, 0.2) is 5.75 Å². The van der Waals surface area contributed by atoms with E-state index in [1.54, 1.807) is 43.3 Å². The van der Waals surface area contributed by atoms with E-state index >= 15 is 0 Å². The monoisotopic (exact) mass is 575 g/mol. The van der Waals surface area contributed by atoms with E-state index in [0.717, 1.165) is 18.2 Å². The standard InChI is InChI=1S/C28H22Cl2F3N3O3/c1-16-25(36(2)24(37)14-34-27(38)17-7-5-8-18(13-17)28(31,32)33)26(19-9-3-4-12-23(19)35-16)39-15-20-21(29)10-6-11-22(20)30/h3-13H,14-15H2,1-2H3,(H,34,38). The minimum absolute atomic E-state index is 0.00721. The highest BCUT2D eigenvalue weighted by atomic mass is 35.5. The molecule has 0 atom stereocenters. The maximum Gasteiger partial charge on any atom is 0.416 e. The van der Waals surface area contributed by atoms with Crippen molar-refractivity contribution >= 4 is 51.6 Å². The zero-order chi connectivity index (χ0) is 28.3. The van der Waals surface area contributed by atoms with Gasteiger partial charge in [-0.1, -0.05) is 47.5 Å². The summed E-state index contributed by atoms with van der Waals surface area (Å²) < 4.78 is 45.2. The van der Waals surface area contributed by atoms with Crippen molar-refractivity contribution in [3.63, 3.8) is 0 Å². The SMILES string of the molecule is Cc1nc2ccccc2c(OCc2c(Cl)cccc2Cl)c1N(C)C(=O)CNC(=O)c1cccc(C(F)(F)F)c1. The molecule has 1 aromatic heterocycles. The van der Waals surface area contributed by atoms with Crippen molar-refractivity contribution in [3.05, 3.63) is 99.2 Å². The molecule has 0 aliphatic carbocycles. The quantitative estimate of drug-likeness (QED) is 0.262. The number of halogens is 5. The molecule has 0 spiro atoms.